The van der Waals surface area contributed by atoms with Crippen LogP contribution in [0.5, 0.6) is 0 Å². The summed E-state index contributed by atoms with van der Waals surface area (Å²) in [5.74, 6) is -0.315. The van der Waals surface area contributed by atoms with Gasteiger partial charge in [0.25, 0.3) is 5.91 Å². The first-order valence-corrected chi connectivity index (χ1v) is 7.95. The second-order valence-electron chi connectivity index (χ2n) is 5.45. The number of rotatable bonds is 8. The van der Waals surface area contributed by atoms with Crippen LogP contribution < -0.4 is 16.0 Å². The van der Waals surface area contributed by atoms with Gasteiger partial charge < -0.3 is 20.7 Å². The fraction of sp³-hybridized carbons (Fsp3) is 0.278. The Labute approximate surface area is 146 Å². The third kappa shape index (κ3) is 6.23. The molecule has 1 heterocycles. The number of hydrogen-bond donors (Lipinski definition) is 3. The van der Waals surface area contributed by atoms with Crippen molar-refractivity contribution in [1.82, 2.24) is 10.3 Å². The Morgan fingerprint density at radius 2 is 1.92 bits per heavy atom. The molecule has 3 N–H and O–H groups in total. The molecular formula is C18H22N4O3. The molecule has 0 saturated heterocycles. The minimum absolute atomic E-state index is 0.133. The minimum atomic E-state index is -0.181. The summed E-state index contributed by atoms with van der Waals surface area (Å²) in [5.41, 5.74) is 2.63. The molecule has 7 heteroatoms. The van der Waals surface area contributed by atoms with Gasteiger partial charge in [-0.05, 0) is 30.7 Å². The summed E-state index contributed by atoms with van der Waals surface area (Å²) >= 11 is 0. The average Bonchev–Trinajstić information content (AvgIpc) is 2.58. The Kier molecular flexibility index (Phi) is 6.91. The maximum Gasteiger partial charge on any atom is 0.252 e. The SMILES string of the molecule is COCCCNC(=O)c1cncc(Nc2cccc(NC(C)=O)c2)c1. The maximum absolute atomic E-state index is 12.1. The Hall–Kier alpha value is -2.93. The molecule has 0 saturated carbocycles. The van der Waals surface area contributed by atoms with E-state index in [1.807, 2.05) is 12.1 Å². The van der Waals surface area contributed by atoms with Crippen molar-refractivity contribution < 1.29 is 14.3 Å². The largest absolute Gasteiger partial charge is 0.385 e. The van der Waals surface area contributed by atoms with Crippen LogP contribution in [-0.4, -0.2) is 37.1 Å². The van der Waals surface area contributed by atoms with Crippen LogP contribution in [0.4, 0.5) is 17.1 Å². The van der Waals surface area contributed by atoms with E-state index >= 15 is 0 Å². The van der Waals surface area contributed by atoms with Gasteiger partial charge in [-0.3, -0.25) is 14.6 Å². The monoisotopic (exact) mass is 342 g/mol. The van der Waals surface area contributed by atoms with Gasteiger partial charge >= 0.3 is 0 Å². The van der Waals surface area contributed by atoms with Crippen LogP contribution in [0.3, 0.4) is 0 Å². The molecule has 25 heavy (non-hydrogen) atoms. The number of carbonyl (C=O) groups excluding carboxylic acids is 2. The summed E-state index contributed by atoms with van der Waals surface area (Å²) in [6.45, 7) is 2.60. The molecule has 0 aliphatic heterocycles. The van der Waals surface area contributed by atoms with Crippen molar-refractivity contribution >= 4 is 28.9 Å². The average molecular weight is 342 g/mol. The van der Waals surface area contributed by atoms with Crippen LogP contribution in [0, 0.1) is 0 Å². The molecule has 0 bridgehead atoms. The summed E-state index contributed by atoms with van der Waals surface area (Å²) < 4.78 is 4.95. The van der Waals surface area contributed by atoms with E-state index in [0.717, 1.165) is 12.1 Å². The van der Waals surface area contributed by atoms with Gasteiger partial charge in [-0.1, -0.05) is 6.07 Å². The zero-order valence-corrected chi connectivity index (χ0v) is 14.3. The second kappa shape index (κ2) is 9.39. The van der Waals surface area contributed by atoms with Gasteiger partial charge in [-0.15, -0.1) is 0 Å². The van der Waals surface area contributed by atoms with Crippen LogP contribution in [0.25, 0.3) is 0 Å². The predicted molar refractivity (Wildman–Crippen MR) is 97.1 cm³/mol. The number of nitrogens with zero attached hydrogens (tertiary/aromatic N) is 1. The summed E-state index contributed by atoms with van der Waals surface area (Å²) in [5, 5.41) is 8.72. The van der Waals surface area contributed by atoms with E-state index in [1.165, 1.54) is 13.1 Å². The van der Waals surface area contributed by atoms with Gasteiger partial charge in [0.05, 0.1) is 17.4 Å². The van der Waals surface area contributed by atoms with E-state index in [2.05, 4.69) is 20.9 Å². The highest BCUT2D eigenvalue weighted by molar-refractivity contribution is 5.95. The number of hydrogen-bond acceptors (Lipinski definition) is 5. The number of pyridine rings is 1. The third-order valence-corrected chi connectivity index (χ3v) is 3.28. The molecule has 1 aromatic heterocycles. The van der Waals surface area contributed by atoms with Gasteiger partial charge in [0, 0.05) is 44.8 Å². The van der Waals surface area contributed by atoms with E-state index in [-0.39, 0.29) is 11.8 Å². The molecule has 7 nitrogen and oxygen atoms in total. The predicted octanol–water partition coefficient (Wildman–Crippen LogP) is 2.55. The van der Waals surface area contributed by atoms with Crippen molar-refractivity contribution in [3.8, 4) is 0 Å². The Bertz CT molecular complexity index is 734. The number of carbonyl (C=O) groups is 2. The summed E-state index contributed by atoms with van der Waals surface area (Å²) in [6, 6.07) is 9.02. The number of aromatic nitrogens is 1. The Morgan fingerprint density at radius 1 is 1.12 bits per heavy atom. The first-order chi connectivity index (χ1) is 12.1. The lowest BCUT2D eigenvalue weighted by Crippen LogP contribution is -2.25. The lowest BCUT2D eigenvalue weighted by molar-refractivity contribution is -0.114. The van der Waals surface area contributed by atoms with Crippen molar-refractivity contribution in [3.05, 3.63) is 48.3 Å². The molecule has 0 spiro atoms. The van der Waals surface area contributed by atoms with Gasteiger partial charge in [-0.25, -0.2) is 0 Å². The Morgan fingerprint density at radius 3 is 2.68 bits per heavy atom. The molecule has 0 unspecified atom stereocenters. The number of nitrogens with one attached hydrogen (secondary N) is 3. The van der Waals surface area contributed by atoms with Gasteiger partial charge in [0.1, 0.15) is 0 Å². The number of amides is 2. The number of ether oxygens (including phenoxy) is 1. The molecule has 132 valence electrons. The number of benzene rings is 1. The van der Waals surface area contributed by atoms with Crippen molar-refractivity contribution in [1.29, 1.82) is 0 Å². The first-order valence-electron chi connectivity index (χ1n) is 7.95. The fourth-order valence-corrected chi connectivity index (χ4v) is 2.20. The van der Waals surface area contributed by atoms with Crippen LogP contribution in [0.15, 0.2) is 42.7 Å². The topological polar surface area (TPSA) is 92.3 Å². The summed E-state index contributed by atoms with van der Waals surface area (Å²) in [6.07, 6.45) is 3.90. The van der Waals surface area contributed by atoms with Crippen molar-refractivity contribution in [3.63, 3.8) is 0 Å². The van der Waals surface area contributed by atoms with E-state index < -0.39 is 0 Å². The molecule has 2 rings (SSSR count). The quantitative estimate of drug-likeness (QED) is 0.641. The zero-order valence-electron chi connectivity index (χ0n) is 14.3. The molecule has 0 aliphatic carbocycles. The highest BCUT2D eigenvalue weighted by Crippen LogP contribution is 2.20. The smallest absolute Gasteiger partial charge is 0.252 e. The van der Waals surface area contributed by atoms with Crippen molar-refractivity contribution in [2.24, 2.45) is 0 Å². The van der Waals surface area contributed by atoms with E-state index in [1.54, 1.807) is 31.5 Å². The van der Waals surface area contributed by atoms with E-state index in [0.29, 0.717) is 30.1 Å². The van der Waals surface area contributed by atoms with Crippen molar-refractivity contribution in [2.45, 2.75) is 13.3 Å². The highest BCUT2D eigenvalue weighted by atomic mass is 16.5. The molecular weight excluding hydrogens is 320 g/mol. The lowest BCUT2D eigenvalue weighted by Gasteiger charge is -2.10. The first kappa shape index (κ1) is 18.4. The molecule has 1 aromatic carbocycles. The summed E-state index contributed by atoms with van der Waals surface area (Å²) in [4.78, 5) is 27.4. The van der Waals surface area contributed by atoms with E-state index in [9.17, 15) is 9.59 Å². The Balaban J connectivity index is 2.01. The fourth-order valence-electron chi connectivity index (χ4n) is 2.20. The van der Waals surface area contributed by atoms with Crippen LogP contribution in [-0.2, 0) is 9.53 Å². The molecule has 2 amide bonds. The molecule has 0 radical (unpaired) electrons. The molecule has 0 atom stereocenters. The van der Waals surface area contributed by atoms with E-state index in [4.69, 9.17) is 4.74 Å². The molecule has 0 fully saturated rings. The molecule has 2 aromatic rings. The normalized spacial score (nSPS) is 10.2. The van der Waals surface area contributed by atoms with Crippen LogP contribution in [0.2, 0.25) is 0 Å². The highest BCUT2D eigenvalue weighted by Gasteiger charge is 2.07. The number of anilines is 3. The second-order valence-corrected chi connectivity index (χ2v) is 5.45. The lowest BCUT2D eigenvalue weighted by atomic mass is 10.2. The maximum atomic E-state index is 12.1. The van der Waals surface area contributed by atoms with Gasteiger partial charge in [-0.2, -0.15) is 0 Å². The third-order valence-electron chi connectivity index (χ3n) is 3.28. The molecule has 0 aliphatic rings. The zero-order chi connectivity index (χ0) is 18.1. The summed E-state index contributed by atoms with van der Waals surface area (Å²) in [7, 11) is 1.63. The number of methoxy groups -OCH3 is 1. The van der Waals surface area contributed by atoms with Crippen LogP contribution in [0.1, 0.15) is 23.7 Å². The van der Waals surface area contributed by atoms with Crippen molar-refractivity contribution in [2.75, 3.05) is 30.9 Å². The minimum Gasteiger partial charge on any atom is -0.385 e. The van der Waals surface area contributed by atoms with Gasteiger partial charge in [0.15, 0.2) is 0 Å². The van der Waals surface area contributed by atoms with Crippen LogP contribution >= 0.6 is 0 Å². The standard InChI is InChI=1S/C18H22N4O3/c1-13(23)21-15-5-3-6-16(10-15)22-17-9-14(11-19-12-17)18(24)20-7-4-8-25-2/h3,5-6,9-12,22H,4,7-8H2,1-2H3,(H,20,24)(H,21,23). The van der Waals surface area contributed by atoms with Gasteiger partial charge in [0.2, 0.25) is 5.91 Å².